The van der Waals surface area contributed by atoms with E-state index in [1.54, 1.807) is 18.2 Å². The number of aromatic hydroxyl groups is 1. The zero-order chi connectivity index (χ0) is 26.0. The van der Waals surface area contributed by atoms with E-state index in [4.69, 9.17) is 9.47 Å². The number of phenols is 1. The van der Waals surface area contributed by atoms with Crippen LogP contribution >= 0.6 is 0 Å². The molecule has 2 heterocycles. The fraction of sp³-hybridized carbons (Fsp3) is 0.241. The summed E-state index contributed by atoms with van der Waals surface area (Å²) in [5.74, 6) is 1.10. The van der Waals surface area contributed by atoms with Crippen LogP contribution in [0.4, 0.5) is 18.9 Å². The van der Waals surface area contributed by atoms with Crippen molar-refractivity contribution in [1.29, 1.82) is 0 Å². The third-order valence-corrected chi connectivity index (χ3v) is 6.64. The number of methoxy groups -OCH3 is 1. The largest absolute Gasteiger partial charge is 0.504 e. The van der Waals surface area contributed by atoms with Crippen molar-refractivity contribution in [2.45, 2.75) is 39.4 Å². The number of allylic oxidation sites excluding steroid dienone is 1. The Hall–Kier alpha value is -3.87. The van der Waals surface area contributed by atoms with E-state index in [0.29, 0.717) is 22.6 Å². The highest BCUT2D eigenvalue weighted by Crippen LogP contribution is 2.54. The van der Waals surface area contributed by atoms with Crippen molar-refractivity contribution in [2.75, 3.05) is 12.4 Å². The van der Waals surface area contributed by atoms with Crippen molar-refractivity contribution < 1.29 is 27.8 Å². The summed E-state index contributed by atoms with van der Waals surface area (Å²) in [5, 5.41) is 14.0. The van der Waals surface area contributed by atoms with Crippen LogP contribution in [0.15, 0.2) is 48.5 Å². The summed E-state index contributed by atoms with van der Waals surface area (Å²) in [4.78, 5) is 0. The average molecular weight is 494 g/mol. The first kappa shape index (κ1) is 23.9. The number of phenolic OH excluding ortho intramolecular Hbond substituents is 1. The zero-order valence-corrected chi connectivity index (χ0v) is 20.6. The van der Waals surface area contributed by atoms with Gasteiger partial charge in [-0.3, -0.25) is 0 Å². The smallest absolute Gasteiger partial charge is 0.416 e. The van der Waals surface area contributed by atoms with Gasteiger partial charge in [0, 0.05) is 22.4 Å². The maximum absolute atomic E-state index is 13.6. The van der Waals surface area contributed by atoms with Gasteiger partial charge in [-0.2, -0.15) is 13.2 Å². The Morgan fingerprint density at radius 2 is 1.75 bits per heavy atom. The number of hydrogen-bond donors (Lipinski definition) is 2. The maximum Gasteiger partial charge on any atom is 0.416 e. The van der Waals surface area contributed by atoms with Crippen LogP contribution in [0.3, 0.4) is 0 Å². The number of anilines is 1. The van der Waals surface area contributed by atoms with Gasteiger partial charge in [0.05, 0.1) is 23.8 Å². The third kappa shape index (κ3) is 3.79. The van der Waals surface area contributed by atoms with Gasteiger partial charge in [0.15, 0.2) is 11.5 Å². The summed E-state index contributed by atoms with van der Waals surface area (Å²) in [6.07, 6.45) is -0.702. The number of hydrogen-bond acceptors (Lipinski definition) is 4. The van der Waals surface area contributed by atoms with Gasteiger partial charge in [-0.05, 0) is 74.7 Å². The molecule has 0 spiro atoms. The molecule has 0 amide bonds. The van der Waals surface area contributed by atoms with Crippen LogP contribution in [-0.4, -0.2) is 17.8 Å². The monoisotopic (exact) mass is 493 g/mol. The molecule has 7 heteroatoms. The van der Waals surface area contributed by atoms with Gasteiger partial charge in [-0.25, -0.2) is 0 Å². The Bertz CT molecular complexity index is 1470. The quantitative estimate of drug-likeness (QED) is 0.381. The number of alkyl halides is 3. The summed E-state index contributed by atoms with van der Waals surface area (Å²) < 4.78 is 52.7. The highest BCUT2D eigenvalue weighted by atomic mass is 19.4. The first-order chi connectivity index (χ1) is 16.9. The Kier molecular flexibility index (Phi) is 5.36. The van der Waals surface area contributed by atoms with Crippen LogP contribution < -0.4 is 14.8 Å². The lowest BCUT2D eigenvalue weighted by Gasteiger charge is -2.35. The van der Waals surface area contributed by atoms with Crippen LogP contribution in [0, 0.1) is 6.92 Å². The second-order valence-corrected chi connectivity index (χ2v) is 9.70. The molecule has 36 heavy (non-hydrogen) atoms. The molecule has 0 aromatic heterocycles. The lowest BCUT2D eigenvalue weighted by molar-refractivity contribution is -0.138. The molecule has 2 aliphatic heterocycles. The highest BCUT2D eigenvalue weighted by molar-refractivity contribution is 6.02. The lowest BCUT2D eigenvalue weighted by Crippen LogP contribution is -2.32. The van der Waals surface area contributed by atoms with Crippen LogP contribution in [0.5, 0.6) is 17.2 Å². The Labute approximate surface area is 207 Å². The molecule has 3 aromatic rings. The van der Waals surface area contributed by atoms with Gasteiger partial charge in [-0.15, -0.1) is 0 Å². The minimum Gasteiger partial charge on any atom is -0.504 e. The minimum absolute atomic E-state index is 0.0313. The number of benzene rings is 3. The van der Waals surface area contributed by atoms with Crippen molar-refractivity contribution in [3.05, 3.63) is 76.4 Å². The first-order valence-electron chi connectivity index (χ1n) is 11.5. The van der Waals surface area contributed by atoms with E-state index >= 15 is 0 Å². The van der Waals surface area contributed by atoms with Gasteiger partial charge in [0.25, 0.3) is 0 Å². The molecule has 0 aliphatic carbocycles. The number of fused-ring (bicyclic) bond motifs is 5. The fourth-order valence-corrected chi connectivity index (χ4v) is 5.21. The molecule has 3 aromatic carbocycles. The van der Waals surface area contributed by atoms with E-state index in [1.165, 1.54) is 26.2 Å². The molecule has 186 valence electrons. The Morgan fingerprint density at radius 3 is 2.44 bits per heavy atom. The number of halogens is 3. The molecule has 0 saturated carbocycles. The minimum atomic E-state index is -4.46. The van der Waals surface area contributed by atoms with Crippen molar-refractivity contribution in [3.63, 3.8) is 0 Å². The molecule has 4 nitrogen and oxygen atoms in total. The van der Waals surface area contributed by atoms with Crippen LogP contribution in [0.2, 0.25) is 0 Å². The molecule has 0 radical (unpaired) electrons. The average Bonchev–Trinajstić information content (AvgIpc) is 2.78. The van der Waals surface area contributed by atoms with Gasteiger partial charge in [-0.1, -0.05) is 24.3 Å². The van der Waals surface area contributed by atoms with Gasteiger partial charge < -0.3 is 19.9 Å². The predicted molar refractivity (Wildman–Crippen MR) is 136 cm³/mol. The summed E-state index contributed by atoms with van der Waals surface area (Å²) in [7, 11) is 1.47. The van der Waals surface area contributed by atoms with Crippen molar-refractivity contribution in [1.82, 2.24) is 0 Å². The van der Waals surface area contributed by atoms with Gasteiger partial charge >= 0.3 is 6.18 Å². The maximum atomic E-state index is 13.6. The lowest BCUT2D eigenvalue weighted by atomic mass is 9.82. The van der Waals surface area contributed by atoms with Crippen molar-refractivity contribution in [3.8, 4) is 28.4 Å². The molecular formula is C29H26F3NO3. The molecule has 0 atom stereocenters. The van der Waals surface area contributed by atoms with E-state index < -0.39 is 11.7 Å². The number of nitrogens with one attached hydrogen (secondary N) is 1. The van der Waals surface area contributed by atoms with Crippen molar-refractivity contribution in [2.24, 2.45) is 0 Å². The van der Waals surface area contributed by atoms with E-state index in [2.05, 4.69) is 25.2 Å². The zero-order valence-electron chi connectivity index (χ0n) is 20.6. The third-order valence-electron chi connectivity index (χ3n) is 6.64. The van der Waals surface area contributed by atoms with Crippen LogP contribution in [-0.2, 0) is 6.18 Å². The van der Waals surface area contributed by atoms with Crippen LogP contribution in [0.1, 0.15) is 48.6 Å². The standard InChI is InChI=1S/C29H26F3NO3/c1-15-14-28(3,4)33-20-10-9-18-25(24(15)20)23(36-22-12-11-21(34)27(35-5)26(18)22)13-17-7-6-8-19(16(17)2)29(30,31)32/h6-14,33-34H,1-5H3/b23-13-. The molecule has 2 aliphatic rings. The fourth-order valence-electron chi connectivity index (χ4n) is 5.21. The normalized spacial score (nSPS) is 16.8. The Morgan fingerprint density at radius 1 is 1.00 bits per heavy atom. The second-order valence-electron chi connectivity index (χ2n) is 9.70. The molecule has 0 saturated heterocycles. The van der Waals surface area contributed by atoms with E-state index in [0.717, 1.165) is 34.0 Å². The first-order valence-corrected chi connectivity index (χ1v) is 11.5. The summed E-state index contributed by atoms with van der Waals surface area (Å²) in [6.45, 7) is 7.59. The molecule has 0 bridgehead atoms. The molecule has 0 fully saturated rings. The number of rotatable bonds is 2. The molecule has 0 unspecified atom stereocenters. The summed E-state index contributed by atoms with van der Waals surface area (Å²) in [6, 6.07) is 11.1. The highest BCUT2D eigenvalue weighted by Gasteiger charge is 2.35. The predicted octanol–water partition coefficient (Wildman–Crippen LogP) is 7.89. The number of ether oxygens (including phenoxy) is 2. The Balaban J connectivity index is 1.83. The van der Waals surface area contributed by atoms with Gasteiger partial charge in [0.1, 0.15) is 11.5 Å². The molecule has 5 rings (SSSR count). The molecular weight excluding hydrogens is 467 g/mol. The van der Waals surface area contributed by atoms with Crippen LogP contribution in [0.25, 0.3) is 28.5 Å². The van der Waals surface area contributed by atoms with E-state index in [9.17, 15) is 18.3 Å². The topological polar surface area (TPSA) is 50.7 Å². The van der Waals surface area contributed by atoms with E-state index in [-0.39, 0.29) is 22.6 Å². The van der Waals surface area contributed by atoms with E-state index in [1.807, 2.05) is 19.1 Å². The van der Waals surface area contributed by atoms with Crippen molar-refractivity contribution >= 4 is 23.1 Å². The molecule has 2 N–H and O–H groups in total. The summed E-state index contributed by atoms with van der Waals surface area (Å²) >= 11 is 0. The SMILES string of the molecule is COc1c(O)ccc2c1-c1ccc3c(c1/C(=C/c1cccc(C(F)(F)F)c1C)O2)C(C)=CC(C)(C)N3. The summed E-state index contributed by atoms with van der Waals surface area (Å²) in [5.41, 5.74) is 4.40. The second kappa shape index (κ2) is 8.08. The van der Waals surface area contributed by atoms with Gasteiger partial charge in [0.2, 0.25) is 0 Å².